The average Bonchev–Trinajstić information content (AvgIpc) is 3.17. The summed E-state index contributed by atoms with van der Waals surface area (Å²) >= 11 is 4.21. The quantitative estimate of drug-likeness (QED) is 0.741. The van der Waals surface area contributed by atoms with Crippen LogP contribution in [-0.4, -0.2) is 46.7 Å². The zero-order valence-electron chi connectivity index (χ0n) is 14.9. The Kier molecular flexibility index (Phi) is 6.55. The SMILES string of the molecule is CC(=O)N1CCC(CCC(=O)Nc2cc(-c3cccs3)ccc2[As])CC1. The Labute approximate surface area is 167 Å². The van der Waals surface area contributed by atoms with E-state index in [1.807, 2.05) is 23.1 Å². The van der Waals surface area contributed by atoms with Gasteiger partial charge in [0.25, 0.3) is 0 Å². The van der Waals surface area contributed by atoms with Gasteiger partial charge in [-0.25, -0.2) is 0 Å². The van der Waals surface area contributed by atoms with E-state index in [1.54, 1.807) is 18.3 Å². The van der Waals surface area contributed by atoms with Crippen molar-refractivity contribution >= 4 is 50.0 Å². The van der Waals surface area contributed by atoms with Crippen LogP contribution in [0.3, 0.4) is 0 Å². The molecule has 0 bridgehead atoms. The van der Waals surface area contributed by atoms with Gasteiger partial charge in [0.2, 0.25) is 0 Å². The minimum absolute atomic E-state index is 0.0645. The normalized spacial score (nSPS) is 15.1. The van der Waals surface area contributed by atoms with Crippen molar-refractivity contribution in [1.82, 2.24) is 4.90 Å². The molecule has 1 aromatic heterocycles. The number of hydrogen-bond donors (Lipinski definition) is 1. The summed E-state index contributed by atoms with van der Waals surface area (Å²) < 4.78 is 1.01. The number of carbonyl (C=O) groups is 2. The molecule has 1 N–H and O–H groups in total. The van der Waals surface area contributed by atoms with Gasteiger partial charge in [0.1, 0.15) is 0 Å². The third-order valence-corrected chi connectivity index (χ3v) is 6.65. The van der Waals surface area contributed by atoms with Gasteiger partial charge in [-0.1, -0.05) is 0 Å². The first-order valence-electron chi connectivity index (χ1n) is 8.95. The number of nitrogens with one attached hydrogen (secondary N) is 1. The van der Waals surface area contributed by atoms with Gasteiger partial charge in [0.05, 0.1) is 0 Å². The summed E-state index contributed by atoms with van der Waals surface area (Å²) in [6.07, 6.45) is 3.41. The summed E-state index contributed by atoms with van der Waals surface area (Å²) in [7, 11) is 0. The van der Waals surface area contributed by atoms with Crippen molar-refractivity contribution in [3.63, 3.8) is 0 Å². The molecule has 1 aliphatic heterocycles. The number of rotatable bonds is 5. The Balaban J connectivity index is 1.52. The second-order valence-electron chi connectivity index (χ2n) is 6.75. The number of nitrogens with zero attached hydrogens (tertiary/aromatic N) is 1. The van der Waals surface area contributed by atoms with Gasteiger partial charge < -0.3 is 0 Å². The molecule has 2 radical (unpaired) electrons. The van der Waals surface area contributed by atoms with E-state index in [0.29, 0.717) is 12.3 Å². The molecular formula is C20H23AsN2O2S. The molecule has 2 aromatic rings. The number of piperidine rings is 1. The second-order valence-corrected chi connectivity index (χ2v) is 8.70. The molecule has 3 rings (SSSR count). The van der Waals surface area contributed by atoms with Gasteiger partial charge in [0.15, 0.2) is 0 Å². The Hall–Kier alpha value is -1.58. The third kappa shape index (κ3) is 4.99. The summed E-state index contributed by atoms with van der Waals surface area (Å²) in [5.74, 6) is 0.751. The zero-order valence-corrected chi connectivity index (χ0v) is 17.6. The molecule has 4 nitrogen and oxygen atoms in total. The van der Waals surface area contributed by atoms with Crippen molar-refractivity contribution in [2.75, 3.05) is 18.4 Å². The predicted molar refractivity (Wildman–Crippen MR) is 108 cm³/mol. The predicted octanol–water partition coefficient (Wildman–Crippen LogP) is 3.19. The monoisotopic (exact) mass is 430 g/mol. The molecule has 2 heterocycles. The molecule has 0 unspecified atom stereocenters. The Bertz CT molecular complexity index is 768. The topological polar surface area (TPSA) is 49.4 Å². The van der Waals surface area contributed by atoms with Gasteiger partial charge in [-0.15, -0.1) is 0 Å². The average molecular weight is 430 g/mol. The van der Waals surface area contributed by atoms with Crippen LogP contribution in [0.4, 0.5) is 5.69 Å². The number of anilines is 1. The minimum atomic E-state index is 0.0645. The standard InChI is InChI=1S/C20H23AsN2O2S/c1-14(24)23-10-8-15(9-11-23)4-7-20(25)22-18-13-16(5-6-17(18)21)19-3-2-12-26-19/h2-3,5-6,12-13,15H,4,7-11H2,1H3,(H,22,25). The van der Waals surface area contributed by atoms with Crippen molar-refractivity contribution < 1.29 is 9.59 Å². The summed E-state index contributed by atoms with van der Waals surface area (Å²) in [5.41, 5.74) is 1.99. The number of hydrogen-bond acceptors (Lipinski definition) is 3. The van der Waals surface area contributed by atoms with Crippen LogP contribution in [0.1, 0.15) is 32.6 Å². The fourth-order valence-electron chi connectivity index (χ4n) is 3.32. The van der Waals surface area contributed by atoms with Gasteiger partial charge >= 0.3 is 168 Å². The van der Waals surface area contributed by atoms with Crippen molar-refractivity contribution in [1.29, 1.82) is 0 Å². The molecule has 26 heavy (non-hydrogen) atoms. The Morgan fingerprint density at radius 1 is 1.27 bits per heavy atom. The van der Waals surface area contributed by atoms with Crippen LogP contribution in [0.2, 0.25) is 0 Å². The molecular weight excluding hydrogens is 407 g/mol. The van der Waals surface area contributed by atoms with Gasteiger partial charge in [-0.2, -0.15) is 0 Å². The molecule has 1 saturated heterocycles. The van der Waals surface area contributed by atoms with Crippen molar-refractivity contribution in [2.45, 2.75) is 32.6 Å². The number of thiophene rings is 1. The zero-order chi connectivity index (χ0) is 18.5. The molecule has 0 spiro atoms. The maximum atomic E-state index is 12.4. The molecule has 6 heteroatoms. The molecule has 0 aliphatic carbocycles. The second kappa shape index (κ2) is 8.87. The molecule has 1 aromatic carbocycles. The van der Waals surface area contributed by atoms with E-state index in [2.05, 4.69) is 39.7 Å². The molecule has 1 aliphatic rings. The van der Waals surface area contributed by atoms with Crippen molar-refractivity contribution in [3.05, 3.63) is 35.7 Å². The van der Waals surface area contributed by atoms with Crippen LogP contribution >= 0.6 is 11.3 Å². The fourth-order valence-corrected chi connectivity index (χ4v) is 4.45. The van der Waals surface area contributed by atoms with Crippen LogP contribution in [0.25, 0.3) is 10.4 Å². The summed E-state index contributed by atoms with van der Waals surface area (Å²) in [4.78, 5) is 26.9. The van der Waals surface area contributed by atoms with E-state index in [9.17, 15) is 9.59 Å². The molecule has 2 amide bonds. The van der Waals surface area contributed by atoms with E-state index in [4.69, 9.17) is 0 Å². The number of carbonyl (C=O) groups excluding carboxylic acids is 2. The van der Waals surface area contributed by atoms with Crippen molar-refractivity contribution in [2.24, 2.45) is 5.92 Å². The van der Waals surface area contributed by atoms with E-state index in [0.717, 1.165) is 48.0 Å². The third-order valence-electron chi connectivity index (χ3n) is 4.92. The van der Waals surface area contributed by atoms with Crippen LogP contribution in [0.15, 0.2) is 35.7 Å². The fraction of sp³-hybridized carbons (Fsp3) is 0.400. The first kappa shape index (κ1) is 19.2. The number of likely N-dealkylation sites (tertiary alicyclic amines) is 1. The number of amides is 2. The van der Waals surface area contributed by atoms with E-state index >= 15 is 0 Å². The maximum absolute atomic E-state index is 12.4. The van der Waals surface area contributed by atoms with Gasteiger partial charge in [-0.05, 0) is 0 Å². The van der Waals surface area contributed by atoms with Crippen LogP contribution < -0.4 is 9.67 Å². The van der Waals surface area contributed by atoms with Gasteiger partial charge in [0, 0.05) is 0 Å². The van der Waals surface area contributed by atoms with E-state index in [1.165, 1.54) is 4.88 Å². The van der Waals surface area contributed by atoms with Gasteiger partial charge in [-0.3, -0.25) is 0 Å². The number of benzene rings is 1. The van der Waals surface area contributed by atoms with Crippen molar-refractivity contribution in [3.8, 4) is 10.4 Å². The molecule has 0 atom stereocenters. The summed E-state index contributed by atoms with van der Waals surface area (Å²) in [6.45, 7) is 3.26. The van der Waals surface area contributed by atoms with Crippen LogP contribution in [-0.2, 0) is 9.59 Å². The first-order chi connectivity index (χ1) is 12.5. The van der Waals surface area contributed by atoms with Crippen LogP contribution in [0, 0.1) is 5.92 Å². The van der Waals surface area contributed by atoms with E-state index < -0.39 is 0 Å². The van der Waals surface area contributed by atoms with Crippen LogP contribution in [0.5, 0.6) is 0 Å². The summed E-state index contributed by atoms with van der Waals surface area (Å²) in [5, 5.41) is 5.12. The Morgan fingerprint density at radius 3 is 2.69 bits per heavy atom. The molecule has 136 valence electrons. The first-order valence-corrected chi connectivity index (χ1v) is 10.8. The summed E-state index contributed by atoms with van der Waals surface area (Å²) in [6, 6.07) is 10.3. The Morgan fingerprint density at radius 2 is 2.04 bits per heavy atom. The molecule has 0 saturated carbocycles. The molecule has 1 fully saturated rings. The van der Waals surface area contributed by atoms with E-state index in [-0.39, 0.29) is 11.8 Å².